The Morgan fingerprint density at radius 2 is 1.15 bits per heavy atom. The van der Waals surface area contributed by atoms with Gasteiger partial charge in [0.2, 0.25) is 0 Å². The largest absolute Gasteiger partial charge is 0.480 e. The SMILES string of the molecule is CCCCCC[N+](C)(C)CCO[Si](CC)(CC)CC.O=S(=O)([N-]S(=O)(=O)C(F)(F)F)C(F)(F)F. The number of sulfonamides is 2. The zero-order valence-electron chi connectivity index (χ0n) is 20.6. The molecule has 0 fully saturated rings. The van der Waals surface area contributed by atoms with Gasteiger partial charge in [-0.1, -0.05) is 40.5 Å². The van der Waals surface area contributed by atoms with Gasteiger partial charge >= 0.3 is 11.0 Å². The van der Waals surface area contributed by atoms with Crippen LogP contribution in [0.1, 0.15) is 53.4 Å². The fourth-order valence-electron chi connectivity index (χ4n) is 2.86. The number of hydrogen-bond donors (Lipinski definition) is 0. The van der Waals surface area contributed by atoms with E-state index in [9.17, 15) is 43.2 Å². The Bertz CT molecular complexity index is 733. The van der Waals surface area contributed by atoms with Crippen LogP contribution in [0.2, 0.25) is 18.1 Å². The van der Waals surface area contributed by atoms with Crippen LogP contribution in [-0.4, -0.2) is 74.4 Å². The van der Waals surface area contributed by atoms with E-state index in [1.807, 2.05) is 0 Å². The van der Waals surface area contributed by atoms with Crippen LogP contribution in [0.25, 0.3) is 4.13 Å². The maximum absolute atomic E-state index is 11.4. The second-order valence-electron chi connectivity index (χ2n) is 8.45. The molecule has 0 aliphatic carbocycles. The number of halogens is 6. The lowest BCUT2D eigenvalue weighted by atomic mass is 10.2. The predicted molar refractivity (Wildman–Crippen MR) is 122 cm³/mol. The number of hydrogen-bond acceptors (Lipinski definition) is 5. The molecule has 0 spiro atoms. The summed E-state index contributed by atoms with van der Waals surface area (Å²) in [7, 11) is -10.1. The monoisotopic (exact) mass is 568 g/mol. The fourth-order valence-corrected chi connectivity index (χ4v) is 7.20. The van der Waals surface area contributed by atoms with Crippen LogP contribution in [0.5, 0.6) is 0 Å². The highest BCUT2D eigenvalue weighted by Crippen LogP contribution is 2.36. The topological polar surface area (TPSA) is 91.6 Å². The zero-order chi connectivity index (χ0) is 27.5. The van der Waals surface area contributed by atoms with Gasteiger partial charge in [0.25, 0.3) is 0 Å². The van der Waals surface area contributed by atoms with Gasteiger partial charge in [-0.05, 0) is 31.0 Å². The Balaban J connectivity index is 0. The molecule has 0 aromatic heterocycles. The molecular formula is C18H38F6N2O5S2Si. The van der Waals surface area contributed by atoms with Crippen molar-refractivity contribution in [3.63, 3.8) is 0 Å². The maximum Gasteiger partial charge on any atom is 0.480 e. The summed E-state index contributed by atoms with van der Waals surface area (Å²) in [5, 5.41) is 0. The van der Waals surface area contributed by atoms with Crippen LogP contribution in [0.4, 0.5) is 26.3 Å². The van der Waals surface area contributed by atoms with Crippen LogP contribution >= 0.6 is 0 Å². The van der Waals surface area contributed by atoms with Gasteiger partial charge in [-0.2, -0.15) is 26.3 Å². The first-order valence-electron chi connectivity index (χ1n) is 11.0. The van der Waals surface area contributed by atoms with Gasteiger partial charge in [-0.15, -0.1) is 0 Å². The molecule has 7 nitrogen and oxygen atoms in total. The Hall–Kier alpha value is -0.423. The number of quaternary nitrogens is 1. The summed E-state index contributed by atoms with van der Waals surface area (Å²) in [6, 6.07) is 3.80. The van der Waals surface area contributed by atoms with Crippen molar-refractivity contribution < 1.29 is 52.1 Å². The first-order valence-corrected chi connectivity index (χ1v) is 16.4. The predicted octanol–water partition coefficient (Wildman–Crippen LogP) is 5.72. The molecular weight excluding hydrogens is 530 g/mol. The lowest BCUT2D eigenvalue weighted by molar-refractivity contribution is -0.890. The fraction of sp³-hybridized carbons (Fsp3) is 1.00. The van der Waals surface area contributed by atoms with Crippen LogP contribution in [-0.2, 0) is 24.5 Å². The van der Waals surface area contributed by atoms with Crippen molar-refractivity contribution in [3.05, 3.63) is 4.13 Å². The van der Waals surface area contributed by atoms with Crippen LogP contribution in [0.15, 0.2) is 0 Å². The lowest BCUT2D eigenvalue weighted by Gasteiger charge is -2.33. The highest BCUT2D eigenvalue weighted by Gasteiger charge is 2.46. The van der Waals surface area contributed by atoms with Crippen LogP contribution in [0.3, 0.4) is 0 Å². The Morgan fingerprint density at radius 1 is 0.735 bits per heavy atom. The highest BCUT2D eigenvalue weighted by molar-refractivity contribution is 8.13. The molecule has 0 heterocycles. The third-order valence-corrected chi connectivity index (χ3v) is 12.9. The molecule has 0 radical (unpaired) electrons. The van der Waals surface area contributed by atoms with Crippen molar-refractivity contribution in [1.82, 2.24) is 0 Å². The second-order valence-corrected chi connectivity index (χ2v) is 16.7. The summed E-state index contributed by atoms with van der Waals surface area (Å²) < 4.78 is 117. The number of rotatable bonds is 14. The Labute approximate surface area is 201 Å². The summed E-state index contributed by atoms with van der Waals surface area (Å²) in [4.78, 5) is 0. The normalized spacial score (nSPS) is 14.0. The van der Waals surface area contributed by atoms with Gasteiger partial charge in [0.1, 0.15) is 6.54 Å². The average molecular weight is 569 g/mol. The van der Waals surface area contributed by atoms with Crippen LogP contribution in [0, 0.1) is 0 Å². The first kappa shape index (κ1) is 35.7. The molecule has 0 aromatic carbocycles. The molecule has 0 aliphatic rings. The van der Waals surface area contributed by atoms with E-state index in [0.29, 0.717) is 0 Å². The summed E-state index contributed by atoms with van der Waals surface area (Å²) in [5.41, 5.74) is -12.4. The number of likely N-dealkylation sites (N-methyl/N-ethyl adjacent to an activating group) is 1. The maximum atomic E-state index is 11.4. The molecule has 34 heavy (non-hydrogen) atoms. The van der Waals surface area contributed by atoms with E-state index in [0.717, 1.165) is 15.2 Å². The summed E-state index contributed by atoms with van der Waals surface area (Å²) >= 11 is 0. The molecule has 0 amide bonds. The van der Waals surface area contributed by atoms with Crippen molar-refractivity contribution in [1.29, 1.82) is 0 Å². The molecule has 0 atom stereocenters. The molecule has 0 bridgehead atoms. The van der Waals surface area contributed by atoms with E-state index in [-0.39, 0.29) is 0 Å². The minimum Gasteiger partial charge on any atom is -0.421 e. The Morgan fingerprint density at radius 3 is 1.47 bits per heavy atom. The third kappa shape index (κ3) is 13.0. The van der Waals surface area contributed by atoms with E-state index in [1.54, 1.807) is 0 Å². The van der Waals surface area contributed by atoms with Gasteiger partial charge in [0.15, 0.2) is 28.4 Å². The standard InChI is InChI=1S/C16H38NOSi.C2F6NO4S2/c1-7-11-12-13-14-17(5,6)15-16-18-19(8-2,9-3)10-4;3-1(4,5)14(10,11)9-15(12,13)2(6,7)8/h7-16H2,1-6H3;/q+1;-1. The van der Waals surface area contributed by atoms with Gasteiger partial charge < -0.3 is 13.0 Å². The molecule has 0 aliphatic heterocycles. The number of nitrogens with zero attached hydrogens (tertiary/aromatic N) is 2. The third-order valence-electron chi connectivity index (χ3n) is 5.44. The second kappa shape index (κ2) is 14.4. The van der Waals surface area contributed by atoms with E-state index in [2.05, 4.69) is 41.8 Å². The van der Waals surface area contributed by atoms with Crippen molar-refractivity contribution in [3.8, 4) is 0 Å². The number of unbranched alkanes of at least 4 members (excludes halogenated alkanes) is 3. The molecule has 0 unspecified atom stereocenters. The van der Waals surface area contributed by atoms with Crippen LogP contribution < -0.4 is 0 Å². The van der Waals surface area contributed by atoms with Crippen molar-refractivity contribution >= 4 is 28.4 Å². The summed E-state index contributed by atoms with van der Waals surface area (Å²) in [5.74, 6) is 0. The van der Waals surface area contributed by atoms with Crippen molar-refractivity contribution in [2.45, 2.75) is 82.5 Å². The summed E-state index contributed by atoms with van der Waals surface area (Å²) in [6.45, 7) is 12.6. The van der Waals surface area contributed by atoms with E-state index in [4.69, 9.17) is 4.43 Å². The van der Waals surface area contributed by atoms with E-state index >= 15 is 0 Å². The lowest BCUT2D eigenvalue weighted by Crippen LogP contribution is -2.45. The van der Waals surface area contributed by atoms with E-state index in [1.165, 1.54) is 56.9 Å². The molecule has 0 saturated heterocycles. The first-order chi connectivity index (χ1) is 15.2. The Kier molecular flexibility index (Phi) is 15.1. The quantitative estimate of drug-likeness (QED) is 0.116. The van der Waals surface area contributed by atoms with Gasteiger partial charge in [0, 0.05) is 0 Å². The van der Waals surface area contributed by atoms with Crippen molar-refractivity contribution in [2.75, 3.05) is 33.8 Å². The minimum atomic E-state index is -6.72. The minimum absolute atomic E-state index is 0.778. The van der Waals surface area contributed by atoms with Crippen molar-refractivity contribution in [2.24, 2.45) is 0 Å². The molecule has 0 N–H and O–H groups in total. The van der Waals surface area contributed by atoms with E-state index < -0.39 is 39.4 Å². The molecule has 208 valence electrons. The van der Waals surface area contributed by atoms with Gasteiger partial charge in [-0.25, -0.2) is 16.8 Å². The molecule has 0 rings (SSSR count). The molecule has 0 saturated carbocycles. The molecule has 16 heteroatoms. The average Bonchev–Trinajstić information content (AvgIpc) is 2.67. The van der Waals surface area contributed by atoms with Gasteiger partial charge in [-0.3, -0.25) is 0 Å². The summed E-state index contributed by atoms with van der Waals surface area (Å²) in [6.07, 6.45) is 5.46. The zero-order valence-corrected chi connectivity index (χ0v) is 23.2. The smallest absolute Gasteiger partial charge is 0.421 e. The van der Waals surface area contributed by atoms with Gasteiger partial charge in [0.05, 0.1) is 27.2 Å². The highest BCUT2D eigenvalue weighted by atomic mass is 32.3. The number of alkyl halides is 6. The molecule has 0 aromatic rings.